The highest BCUT2D eigenvalue weighted by atomic mass is 79.9. The molecule has 3 rings (SSSR count). The maximum atomic E-state index is 12.3. The van der Waals surface area contributed by atoms with Crippen LogP contribution >= 0.6 is 15.9 Å². The minimum atomic E-state index is -0.118. The van der Waals surface area contributed by atoms with E-state index in [4.69, 9.17) is 0 Å². The van der Waals surface area contributed by atoms with Gasteiger partial charge in [0.2, 0.25) is 0 Å². The van der Waals surface area contributed by atoms with E-state index in [9.17, 15) is 4.79 Å². The first kappa shape index (κ1) is 13.8. The predicted octanol–water partition coefficient (Wildman–Crippen LogP) is 4.38. The van der Waals surface area contributed by atoms with Gasteiger partial charge in [0.05, 0.1) is 5.69 Å². The van der Waals surface area contributed by atoms with Gasteiger partial charge >= 0.3 is 0 Å². The van der Waals surface area contributed by atoms with Crippen LogP contribution in [0, 0.1) is 0 Å². The van der Waals surface area contributed by atoms with Crippen LogP contribution in [-0.2, 0) is 5.33 Å². The number of nitrogens with zero attached hydrogens (tertiary/aromatic N) is 1. The predicted molar refractivity (Wildman–Crippen MR) is 88.8 cm³/mol. The number of hydrogen-bond donors (Lipinski definition) is 1. The fourth-order valence-electron chi connectivity index (χ4n) is 2.16. The second-order valence-corrected chi connectivity index (χ2v) is 5.25. The number of hydrogen-bond acceptors (Lipinski definition) is 2. The van der Waals surface area contributed by atoms with Crippen LogP contribution in [-0.4, -0.2) is 10.9 Å². The standard InChI is InChI=1S/C17H13BrN2O/c18-10-12-4-6-14(7-5-12)17(21)20-16-3-1-2-13-8-9-19-11-15(13)16/h1-9,11H,10H2,(H,20,21). The first-order valence-electron chi connectivity index (χ1n) is 6.57. The molecule has 21 heavy (non-hydrogen) atoms. The average molecular weight is 341 g/mol. The monoisotopic (exact) mass is 340 g/mol. The summed E-state index contributed by atoms with van der Waals surface area (Å²) in [7, 11) is 0. The van der Waals surface area contributed by atoms with Crippen molar-refractivity contribution in [1.29, 1.82) is 0 Å². The third-order valence-electron chi connectivity index (χ3n) is 3.30. The van der Waals surface area contributed by atoms with Crippen LogP contribution in [0.3, 0.4) is 0 Å². The number of benzene rings is 2. The number of rotatable bonds is 3. The molecule has 0 fully saturated rings. The van der Waals surface area contributed by atoms with Crippen LogP contribution < -0.4 is 5.32 Å². The van der Waals surface area contributed by atoms with E-state index in [-0.39, 0.29) is 5.91 Å². The maximum absolute atomic E-state index is 12.3. The summed E-state index contributed by atoms with van der Waals surface area (Å²) in [5.74, 6) is -0.118. The summed E-state index contributed by atoms with van der Waals surface area (Å²) >= 11 is 3.39. The van der Waals surface area contributed by atoms with Gasteiger partial charge in [-0.2, -0.15) is 0 Å². The van der Waals surface area contributed by atoms with Crippen molar-refractivity contribution >= 4 is 38.3 Å². The molecule has 2 aromatic carbocycles. The number of aromatic nitrogens is 1. The lowest BCUT2D eigenvalue weighted by molar-refractivity contribution is 0.102. The molecule has 104 valence electrons. The van der Waals surface area contributed by atoms with E-state index < -0.39 is 0 Å². The number of amides is 1. The molecular weight excluding hydrogens is 328 g/mol. The second kappa shape index (κ2) is 6.06. The number of carbonyl (C=O) groups is 1. The molecule has 0 aliphatic heterocycles. The summed E-state index contributed by atoms with van der Waals surface area (Å²) in [6.07, 6.45) is 3.51. The molecule has 3 aromatic rings. The summed E-state index contributed by atoms with van der Waals surface area (Å²) in [6, 6.07) is 15.3. The zero-order chi connectivity index (χ0) is 14.7. The molecule has 0 spiro atoms. The molecule has 0 unspecified atom stereocenters. The Hall–Kier alpha value is -2.20. The fraction of sp³-hybridized carbons (Fsp3) is 0.0588. The molecular formula is C17H13BrN2O. The van der Waals surface area contributed by atoms with Crippen LogP contribution in [0.5, 0.6) is 0 Å². The summed E-state index contributed by atoms with van der Waals surface area (Å²) in [5, 5.41) is 5.72. The Bertz CT molecular complexity index is 779. The van der Waals surface area contributed by atoms with Gasteiger partial charge in [0.15, 0.2) is 0 Å². The highest BCUT2D eigenvalue weighted by Gasteiger charge is 2.08. The molecule has 0 saturated carbocycles. The average Bonchev–Trinajstić information content (AvgIpc) is 2.55. The van der Waals surface area contributed by atoms with Crippen LogP contribution in [0.2, 0.25) is 0 Å². The molecule has 1 heterocycles. The Morgan fingerprint density at radius 2 is 1.90 bits per heavy atom. The van der Waals surface area contributed by atoms with Gasteiger partial charge in [-0.3, -0.25) is 9.78 Å². The van der Waals surface area contributed by atoms with E-state index >= 15 is 0 Å². The molecule has 0 atom stereocenters. The van der Waals surface area contributed by atoms with Crippen molar-refractivity contribution in [1.82, 2.24) is 4.98 Å². The van der Waals surface area contributed by atoms with Crippen LogP contribution in [0.15, 0.2) is 60.9 Å². The molecule has 1 N–H and O–H groups in total. The molecule has 0 bridgehead atoms. The van der Waals surface area contributed by atoms with Crippen molar-refractivity contribution in [3.05, 3.63) is 72.1 Å². The summed E-state index contributed by atoms with van der Waals surface area (Å²) in [4.78, 5) is 16.4. The quantitative estimate of drug-likeness (QED) is 0.718. The number of nitrogens with one attached hydrogen (secondary N) is 1. The number of carbonyl (C=O) groups excluding carboxylic acids is 1. The summed E-state index contributed by atoms with van der Waals surface area (Å²) in [5.41, 5.74) is 2.55. The molecule has 1 amide bonds. The number of pyridine rings is 1. The van der Waals surface area contributed by atoms with Crippen LogP contribution in [0.1, 0.15) is 15.9 Å². The Labute approximate surface area is 131 Å². The van der Waals surface area contributed by atoms with E-state index in [2.05, 4.69) is 26.2 Å². The van der Waals surface area contributed by atoms with Gasteiger partial charge in [-0.25, -0.2) is 0 Å². The highest BCUT2D eigenvalue weighted by molar-refractivity contribution is 9.08. The molecule has 0 aliphatic rings. The van der Waals surface area contributed by atoms with Crippen molar-refractivity contribution in [2.45, 2.75) is 5.33 Å². The lowest BCUT2D eigenvalue weighted by atomic mass is 10.1. The molecule has 4 heteroatoms. The maximum Gasteiger partial charge on any atom is 0.255 e. The van der Waals surface area contributed by atoms with Crippen LogP contribution in [0.4, 0.5) is 5.69 Å². The van der Waals surface area contributed by atoms with Crippen molar-refractivity contribution in [3.63, 3.8) is 0 Å². The van der Waals surface area contributed by atoms with Crippen molar-refractivity contribution in [2.24, 2.45) is 0 Å². The van der Waals surface area contributed by atoms with Gasteiger partial charge in [-0.1, -0.05) is 40.2 Å². The number of halogens is 1. The SMILES string of the molecule is O=C(Nc1cccc2ccncc12)c1ccc(CBr)cc1. The smallest absolute Gasteiger partial charge is 0.255 e. The van der Waals surface area contributed by atoms with Gasteiger partial charge in [0.25, 0.3) is 5.91 Å². The van der Waals surface area contributed by atoms with Gasteiger partial charge in [0, 0.05) is 28.7 Å². The molecule has 0 radical (unpaired) electrons. The topological polar surface area (TPSA) is 42.0 Å². The second-order valence-electron chi connectivity index (χ2n) is 4.69. The number of fused-ring (bicyclic) bond motifs is 1. The zero-order valence-electron chi connectivity index (χ0n) is 11.2. The van der Waals surface area contributed by atoms with Crippen molar-refractivity contribution < 1.29 is 4.79 Å². The first-order valence-corrected chi connectivity index (χ1v) is 7.69. The van der Waals surface area contributed by atoms with Gasteiger partial charge in [-0.05, 0) is 35.2 Å². The Kier molecular flexibility index (Phi) is 3.97. The van der Waals surface area contributed by atoms with Gasteiger partial charge in [-0.15, -0.1) is 0 Å². The Morgan fingerprint density at radius 1 is 1.10 bits per heavy atom. The third kappa shape index (κ3) is 2.95. The lowest BCUT2D eigenvalue weighted by Gasteiger charge is -2.08. The van der Waals surface area contributed by atoms with Crippen LogP contribution in [0.25, 0.3) is 10.8 Å². The first-order chi connectivity index (χ1) is 10.3. The van der Waals surface area contributed by atoms with E-state index in [1.54, 1.807) is 12.4 Å². The summed E-state index contributed by atoms with van der Waals surface area (Å²) < 4.78 is 0. The lowest BCUT2D eigenvalue weighted by Crippen LogP contribution is -2.12. The highest BCUT2D eigenvalue weighted by Crippen LogP contribution is 2.22. The normalized spacial score (nSPS) is 10.5. The minimum absolute atomic E-state index is 0.118. The number of anilines is 1. The molecule has 0 saturated heterocycles. The molecule has 1 aromatic heterocycles. The Balaban J connectivity index is 1.89. The van der Waals surface area contributed by atoms with Crippen molar-refractivity contribution in [3.8, 4) is 0 Å². The minimum Gasteiger partial charge on any atom is -0.321 e. The van der Waals surface area contributed by atoms with E-state index in [1.807, 2.05) is 48.5 Å². The molecule has 3 nitrogen and oxygen atoms in total. The van der Waals surface area contributed by atoms with E-state index in [0.717, 1.165) is 27.4 Å². The fourth-order valence-corrected chi connectivity index (χ4v) is 2.54. The third-order valence-corrected chi connectivity index (χ3v) is 3.95. The van der Waals surface area contributed by atoms with E-state index in [1.165, 1.54) is 0 Å². The van der Waals surface area contributed by atoms with Gasteiger partial charge in [0.1, 0.15) is 0 Å². The number of alkyl halides is 1. The summed E-state index contributed by atoms with van der Waals surface area (Å²) in [6.45, 7) is 0. The van der Waals surface area contributed by atoms with Gasteiger partial charge < -0.3 is 5.32 Å². The molecule has 0 aliphatic carbocycles. The Morgan fingerprint density at radius 3 is 2.67 bits per heavy atom. The van der Waals surface area contributed by atoms with Crippen molar-refractivity contribution in [2.75, 3.05) is 5.32 Å². The van der Waals surface area contributed by atoms with E-state index in [0.29, 0.717) is 5.56 Å². The zero-order valence-corrected chi connectivity index (χ0v) is 12.8. The largest absolute Gasteiger partial charge is 0.321 e.